The average Bonchev–Trinajstić information content (AvgIpc) is 2.78. The lowest BCUT2D eigenvalue weighted by Gasteiger charge is -2.13. The van der Waals surface area contributed by atoms with Crippen LogP contribution < -0.4 is 5.32 Å². The smallest absolute Gasteiger partial charge is 0.234 e. The number of carbonyl (C=O) groups excluding carboxylic acids is 1. The van der Waals surface area contributed by atoms with Crippen molar-refractivity contribution in [3.8, 4) is 0 Å². The minimum atomic E-state index is -0.972. The largest absolute Gasteiger partial charge is 0.310 e. The number of halogens is 2. The number of hydrogen-bond acceptors (Lipinski definition) is 3. The van der Waals surface area contributed by atoms with Gasteiger partial charge in [0, 0.05) is 17.7 Å². The van der Waals surface area contributed by atoms with Gasteiger partial charge < -0.3 is 5.32 Å². The van der Waals surface area contributed by atoms with Gasteiger partial charge in [-0.05, 0) is 20.3 Å². The monoisotopic (exact) mass is 301 g/mol. The molecule has 0 spiro atoms. The van der Waals surface area contributed by atoms with Crippen molar-refractivity contribution in [2.24, 2.45) is 5.41 Å². The first-order valence-corrected chi connectivity index (χ1v) is 6.96. The van der Waals surface area contributed by atoms with Crippen LogP contribution in [0.5, 0.6) is 0 Å². The second kappa shape index (κ2) is 4.60. The summed E-state index contributed by atoms with van der Waals surface area (Å²) in [5.41, 5.74) is 0.0745. The van der Waals surface area contributed by atoms with Gasteiger partial charge >= 0.3 is 0 Å². The van der Waals surface area contributed by atoms with Crippen molar-refractivity contribution >= 4 is 34.9 Å². The van der Waals surface area contributed by atoms with E-state index in [1.807, 2.05) is 20.8 Å². The molecule has 0 bridgehead atoms. The van der Waals surface area contributed by atoms with Crippen molar-refractivity contribution in [2.75, 3.05) is 5.32 Å². The zero-order valence-electron chi connectivity index (χ0n) is 11.4. The highest BCUT2D eigenvalue weighted by Crippen LogP contribution is 2.64. The Morgan fingerprint density at radius 1 is 1.42 bits per heavy atom. The van der Waals surface area contributed by atoms with E-state index in [4.69, 9.17) is 23.2 Å². The molecule has 1 amide bonds. The number of aryl methyl sites for hydroxylation is 1. The second-order valence-corrected chi connectivity index (χ2v) is 7.06. The predicted octanol–water partition coefficient (Wildman–Crippen LogP) is 3.43. The van der Waals surface area contributed by atoms with Gasteiger partial charge in [0.2, 0.25) is 5.91 Å². The van der Waals surface area contributed by atoms with Crippen molar-refractivity contribution in [1.82, 2.24) is 9.97 Å². The molecule has 0 saturated heterocycles. The quantitative estimate of drug-likeness (QED) is 0.870. The SMILES string of the molecule is Cc1cc(NC(=O)[C@]2(C)CC2(Cl)Cl)nc(C(C)C)n1. The maximum Gasteiger partial charge on any atom is 0.234 e. The van der Waals surface area contributed by atoms with Crippen LogP contribution in [0.2, 0.25) is 0 Å². The summed E-state index contributed by atoms with van der Waals surface area (Å²) in [5.74, 6) is 1.20. The number of aromatic nitrogens is 2. The number of rotatable bonds is 3. The molecule has 6 heteroatoms. The average molecular weight is 302 g/mol. The van der Waals surface area contributed by atoms with Gasteiger partial charge in [-0.15, -0.1) is 23.2 Å². The zero-order chi connectivity index (χ0) is 14.4. The molecule has 1 N–H and O–H groups in total. The standard InChI is InChI=1S/C13H17Cl2N3O/c1-7(2)10-16-8(3)5-9(17-10)18-11(19)12(4)6-13(12,14)15/h5,7H,6H2,1-4H3,(H,16,17,18,19)/t12-/m0/s1. The van der Waals surface area contributed by atoms with Crippen LogP contribution in [0.1, 0.15) is 44.6 Å². The van der Waals surface area contributed by atoms with Crippen LogP contribution >= 0.6 is 23.2 Å². The minimum Gasteiger partial charge on any atom is -0.310 e. The Labute approximate surface area is 122 Å². The minimum absolute atomic E-state index is 0.201. The Balaban J connectivity index is 2.18. The van der Waals surface area contributed by atoms with Gasteiger partial charge in [-0.3, -0.25) is 4.79 Å². The summed E-state index contributed by atoms with van der Waals surface area (Å²) in [6.45, 7) is 7.63. The van der Waals surface area contributed by atoms with Crippen LogP contribution in [0.3, 0.4) is 0 Å². The molecule has 1 fully saturated rings. The van der Waals surface area contributed by atoms with Crippen LogP contribution in [0.4, 0.5) is 5.82 Å². The van der Waals surface area contributed by atoms with E-state index in [9.17, 15) is 4.79 Å². The number of carbonyl (C=O) groups is 1. The summed E-state index contributed by atoms with van der Waals surface area (Å²) in [4.78, 5) is 20.8. The summed E-state index contributed by atoms with van der Waals surface area (Å²) < 4.78 is -0.972. The van der Waals surface area contributed by atoms with Crippen LogP contribution in [0.15, 0.2) is 6.07 Å². The lowest BCUT2D eigenvalue weighted by molar-refractivity contribution is -0.120. The summed E-state index contributed by atoms with van der Waals surface area (Å²) in [5, 5.41) is 2.78. The number of nitrogens with zero attached hydrogens (tertiary/aromatic N) is 2. The molecule has 0 unspecified atom stereocenters. The van der Waals surface area contributed by atoms with E-state index in [0.29, 0.717) is 18.1 Å². The molecule has 0 aromatic carbocycles. The van der Waals surface area contributed by atoms with Crippen molar-refractivity contribution in [2.45, 2.75) is 44.4 Å². The molecular formula is C13H17Cl2N3O. The summed E-state index contributed by atoms with van der Waals surface area (Å²) in [7, 11) is 0. The van der Waals surface area contributed by atoms with Gasteiger partial charge in [-0.1, -0.05) is 13.8 Å². The van der Waals surface area contributed by atoms with E-state index >= 15 is 0 Å². The Hall–Kier alpha value is -0.870. The highest BCUT2D eigenvalue weighted by atomic mass is 35.5. The molecule has 1 heterocycles. The Kier molecular flexibility index (Phi) is 3.52. The van der Waals surface area contributed by atoms with Gasteiger partial charge in [0.05, 0.1) is 5.41 Å². The summed E-state index contributed by atoms with van der Waals surface area (Å²) in [6, 6.07) is 1.74. The van der Waals surface area contributed by atoms with E-state index in [1.165, 1.54) is 0 Å². The first-order chi connectivity index (χ1) is 8.65. The van der Waals surface area contributed by atoms with Crippen LogP contribution in [0, 0.1) is 12.3 Å². The zero-order valence-corrected chi connectivity index (χ0v) is 12.9. The summed E-state index contributed by atoms with van der Waals surface area (Å²) in [6.07, 6.45) is 0.454. The van der Waals surface area contributed by atoms with Crippen molar-refractivity contribution in [1.29, 1.82) is 0 Å². The van der Waals surface area contributed by atoms with E-state index in [0.717, 1.165) is 5.69 Å². The molecule has 0 radical (unpaired) electrons. The fraction of sp³-hybridized carbons (Fsp3) is 0.615. The Morgan fingerprint density at radius 3 is 2.47 bits per heavy atom. The summed E-state index contributed by atoms with van der Waals surface area (Å²) >= 11 is 12.0. The van der Waals surface area contributed by atoms with E-state index in [2.05, 4.69) is 15.3 Å². The third-order valence-electron chi connectivity index (χ3n) is 3.39. The molecule has 1 atom stereocenters. The van der Waals surface area contributed by atoms with Crippen LogP contribution in [0.25, 0.3) is 0 Å². The highest BCUT2D eigenvalue weighted by molar-refractivity contribution is 6.53. The molecule has 1 aliphatic carbocycles. The molecule has 104 valence electrons. The van der Waals surface area contributed by atoms with Gasteiger partial charge in [0.25, 0.3) is 0 Å². The number of hydrogen-bond donors (Lipinski definition) is 1. The lowest BCUT2D eigenvalue weighted by atomic mass is 10.1. The molecular weight excluding hydrogens is 285 g/mol. The third kappa shape index (κ3) is 2.70. The van der Waals surface area contributed by atoms with Gasteiger partial charge in [-0.2, -0.15) is 0 Å². The number of alkyl halides is 2. The molecule has 19 heavy (non-hydrogen) atoms. The maximum absolute atomic E-state index is 12.2. The van der Waals surface area contributed by atoms with E-state index < -0.39 is 9.75 Å². The lowest BCUT2D eigenvalue weighted by Crippen LogP contribution is -2.26. The molecule has 1 aromatic heterocycles. The second-order valence-electron chi connectivity index (χ2n) is 5.57. The highest BCUT2D eigenvalue weighted by Gasteiger charge is 2.67. The topological polar surface area (TPSA) is 54.9 Å². The fourth-order valence-corrected chi connectivity index (χ4v) is 2.52. The Bertz CT molecular complexity index is 531. The number of anilines is 1. The van der Waals surface area contributed by atoms with E-state index in [-0.39, 0.29) is 11.8 Å². The van der Waals surface area contributed by atoms with Gasteiger partial charge in [0.15, 0.2) is 0 Å². The van der Waals surface area contributed by atoms with Gasteiger partial charge in [-0.25, -0.2) is 9.97 Å². The molecule has 1 aliphatic rings. The normalized spacial score (nSPS) is 24.4. The first-order valence-electron chi connectivity index (χ1n) is 6.20. The van der Waals surface area contributed by atoms with Crippen molar-refractivity contribution < 1.29 is 4.79 Å². The fourth-order valence-electron chi connectivity index (χ4n) is 1.81. The molecule has 0 aliphatic heterocycles. The first kappa shape index (κ1) is 14.5. The molecule has 4 nitrogen and oxygen atoms in total. The number of amides is 1. The molecule has 1 aromatic rings. The van der Waals surface area contributed by atoms with E-state index in [1.54, 1.807) is 13.0 Å². The molecule has 1 saturated carbocycles. The third-order valence-corrected chi connectivity index (χ3v) is 4.49. The predicted molar refractivity (Wildman–Crippen MR) is 76.6 cm³/mol. The van der Waals surface area contributed by atoms with Gasteiger partial charge in [0.1, 0.15) is 16.0 Å². The van der Waals surface area contributed by atoms with Crippen molar-refractivity contribution in [3.63, 3.8) is 0 Å². The molecule has 2 rings (SSSR count). The van der Waals surface area contributed by atoms with Crippen LogP contribution in [-0.2, 0) is 4.79 Å². The number of nitrogens with one attached hydrogen (secondary N) is 1. The van der Waals surface area contributed by atoms with Crippen LogP contribution in [-0.4, -0.2) is 20.2 Å². The maximum atomic E-state index is 12.2. The Morgan fingerprint density at radius 2 is 2.00 bits per heavy atom. The van der Waals surface area contributed by atoms with Crippen molar-refractivity contribution in [3.05, 3.63) is 17.6 Å².